The molecule has 6 heteroatoms. The number of nitrogens with one attached hydrogen (secondary N) is 1. The first-order valence-electron chi connectivity index (χ1n) is 8.64. The van der Waals surface area contributed by atoms with Gasteiger partial charge >= 0.3 is 11.9 Å². The lowest BCUT2D eigenvalue weighted by Gasteiger charge is -2.21. The monoisotopic (exact) mass is 392 g/mol. The van der Waals surface area contributed by atoms with Crippen LogP contribution in [0.15, 0.2) is 81.4 Å². The van der Waals surface area contributed by atoms with Crippen molar-refractivity contribution in [3.63, 3.8) is 0 Å². The average Bonchev–Trinajstić information content (AvgIpc) is 2.75. The molecule has 1 aliphatic rings. The Morgan fingerprint density at radius 2 is 1.29 bits per heavy atom. The second-order valence-corrected chi connectivity index (χ2v) is 8.08. The van der Waals surface area contributed by atoms with Gasteiger partial charge in [0.1, 0.15) is 10.9 Å². The number of fused-ring (bicyclic) bond motifs is 2. The summed E-state index contributed by atoms with van der Waals surface area (Å²) >= 11 is 0. The van der Waals surface area contributed by atoms with E-state index in [1.54, 1.807) is 12.1 Å². The fourth-order valence-electron chi connectivity index (χ4n) is 3.23. The van der Waals surface area contributed by atoms with E-state index in [0.717, 1.165) is 26.1 Å². The van der Waals surface area contributed by atoms with Gasteiger partial charge in [-0.25, -0.2) is 9.59 Å². The number of methoxy groups -OCH3 is 2. The van der Waals surface area contributed by atoms with Crippen LogP contribution in [0.3, 0.4) is 0 Å². The van der Waals surface area contributed by atoms with Gasteiger partial charge in [-0.05, 0) is 36.4 Å². The van der Waals surface area contributed by atoms with Gasteiger partial charge in [0.05, 0.1) is 36.7 Å². The minimum atomic E-state index is -0.568. The van der Waals surface area contributed by atoms with Gasteiger partial charge in [-0.15, -0.1) is 0 Å². The molecule has 3 aromatic rings. The SMILES string of the molecule is COC(=O)c1ccc([S+]2c3ccccc3Nc3ccccc32)cc1C(=O)OC. The number of esters is 2. The van der Waals surface area contributed by atoms with Crippen molar-refractivity contribution < 1.29 is 19.1 Å². The average molecular weight is 392 g/mol. The Kier molecular flexibility index (Phi) is 4.79. The topological polar surface area (TPSA) is 64.6 Å². The maximum Gasteiger partial charge on any atom is 0.338 e. The van der Waals surface area contributed by atoms with Crippen LogP contribution in [0.5, 0.6) is 0 Å². The number of hydrogen-bond donors (Lipinski definition) is 1. The number of carbonyl (C=O) groups excluding carboxylic acids is 2. The Hall–Kier alpha value is -3.25. The number of rotatable bonds is 3. The molecule has 4 rings (SSSR count). The third-order valence-electron chi connectivity index (χ3n) is 4.52. The molecular formula is C22H18NO4S+. The minimum Gasteiger partial charge on any atom is -0.465 e. The highest BCUT2D eigenvalue weighted by Gasteiger charge is 2.38. The molecule has 5 nitrogen and oxygen atoms in total. The molecule has 1 N–H and O–H groups in total. The molecule has 0 spiro atoms. The van der Waals surface area contributed by atoms with E-state index >= 15 is 0 Å². The van der Waals surface area contributed by atoms with Crippen molar-refractivity contribution in [2.45, 2.75) is 14.7 Å². The Balaban J connectivity index is 1.92. The summed E-state index contributed by atoms with van der Waals surface area (Å²) in [5.41, 5.74) is 2.45. The van der Waals surface area contributed by atoms with E-state index in [1.807, 2.05) is 42.5 Å². The van der Waals surface area contributed by atoms with Crippen LogP contribution in [-0.4, -0.2) is 26.2 Å². The van der Waals surface area contributed by atoms with E-state index in [-0.39, 0.29) is 11.1 Å². The summed E-state index contributed by atoms with van der Waals surface area (Å²) < 4.78 is 9.71. The number of carbonyl (C=O) groups is 2. The molecule has 28 heavy (non-hydrogen) atoms. The molecule has 1 heterocycles. The summed E-state index contributed by atoms with van der Waals surface area (Å²) in [6.45, 7) is 0. The molecule has 0 atom stereocenters. The third kappa shape index (κ3) is 3.01. The van der Waals surface area contributed by atoms with Gasteiger partial charge in [0.15, 0.2) is 14.7 Å². The predicted octanol–water partition coefficient (Wildman–Crippen LogP) is 4.41. The van der Waals surface area contributed by atoms with Crippen LogP contribution in [0, 0.1) is 0 Å². The molecule has 0 unspecified atom stereocenters. The van der Waals surface area contributed by atoms with E-state index in [1.165, 1.54) is 14.2 Å². The van der Waals surface area contributed by atoms with Crippen LogP contribution in [0.2, 0.25) is 0 Å². The van der Waals surface area contributed by atoms with Crippen LogP contribution >= 0.6 is 0 Å². The first kappa shape index (κ1) is 18.1. The Morgan fingerprint density at radius 3 is 1.86 bits per heavy atom. The molecule has 1 aliphatic heterocycles. The maximum atomic E-state index is 12.3. The van der Waals surface area contributed by atoms with E-state index in [9.17, 15) is 9.59 Å². The number of hydrogen-bond acceptors (Lipinski definition) is 5. The summed E-state index contributed by atoms with van der Waals surface area (Å²) in [4.78, 5) is 27.6. The Bertz CT molecular complexity index is 1030. The van der Waals surface area contributed by atoms with Gasteiger partial charge in [-0.3, -0.25) is 0 Å². The lowest BCUT2D eigenvalue weighted by molar-refractivity contribution is 0.0555. The smallest absolute Gasteiger partial charge is 0.338 e. The van der Waals surface area contributed by atoms with Crippen molar-refractivity contribution in [3.8, 4) is 0 Å². The molecule has 0 aliphatic carbocycles. The van der Waals surface area contributed by atoms with Crippen LogP contribution in [-0.2, 0) is 20.4 Å². The summed E-state index contributed by atoms with van der Waals surface area (Å²) in [7, 11) is 2.16. The zero-order valence-corrected chi connectivity index (χ0v) is 16.2. The number of anilines is 2. The van der Waals surface area contributed by atoms with E-state index in [4.69, 9.17) is 9.47 Å². The lowest BCUT2D eigenvalue weighted by Crippen LogP contribution is -2.17. The molecule has 0 fully saturated rings. The molecule has 0 saturated heterocycles. The van der Waals surface area contributed by atoms with Gasteiger partial charge in [0.25, 0.3) is 0 Å². The summed E-state index contributed by atoms with van der Waals surface area (Å²) in [6.07, 6.45) is 0. The van der Waals surface area contributed by atoms with E-state index < -0.39 is 22.8 Å². The number of para-hydroxylation sites is 2. The largest absolute Gasteiger partial charge is 0.465 e. The zero-order valence-electron chi connectivity index (χ0n) is 15.4. The van der Waals surface area contributed by atoms with Crippen LogP contribution in [0.1, 0.15) is 20.7 Å². The van der Waals surface area contributed by atoms with Crippen molar-refractivity contribution in [1.29, 1.82) is 0 Å². The molecule has 0 radical (unpaired) electrons. The normalized spacial score (nSPS) is 12.4. The third-order valence-corrected chi connectivity index (χ3v) is 6.84. The Morgan fingerprint density at radius 1 is 0.750 bits per heavy atom. The first-order chi connectivity index (χ1) is 13.6. The second kappa shape index (κ2) is 7.40. The molecule has 0 aromatic heterocycles. The molecule has 140 valence electrons. The number of benzene rings is 3. The van der Waals surface area contributed by atoms with E-state index in [2.05, 4.69) is 17.4 Å². The summed E-state index contributed by atoms with van der Waals surface area (Å²) in [5, 5.41) is 3.47. The molecule has 0 amide bonds. The van der Waals surface area contributed by atoms with Gasteiger partial charge in [-0.1, -0.05) is 24.3 Å². The highest BCUT2D eigenvalue weighted by Crippen LogP contribution is 2.44. The van der Waals surface area contributed by atoms with Crippen molar-refractivity contribution in [2.24, 2.45) is 0 Å². The van der Waals surface area contributed by atoms with Crippen molar-refractivity contribution in [1.82, 2.24) is 0 Å². The molecular weight excluding hydrogens is 374 g/mol. The van der Waals surface area contributed by atoms with Gasteiger partial charge in [0, 0.05) is 6.07 Å². The minimum absolute atomic E-state index is 0.193. The zero-order chi connectivity index (χ0) is 19.7. The van der Waals surface area contributed by atoms with Crippen LogP contribution in [0.4, 0.5) is 11.4 Å². The van der Waals surface area contributed by atoms with Crippen molar-refractivity contribution in [2.75, 3.05) is 19.5 Å². The maximum absolute atomic E-state index is 12.3. The predicted molar refractivity (Wildman–Crippen MR) is 107 cm³/mol. The van der Waals surface area contributed by atoms with Gasteiger partial charge in [-0.2, -0.15) is 0 Å². The highest BCUT2D eigenvalue weighted by atomic mass is 32.2. The standard InChI is InChI=1S/C22H18NO4S/c1-26-21(24)15-12-11-14(13-16(15)22(25)27-2)28-19-9-5-3-7-17(19)23-18-8-4-6-10-20(18)28/h3-13,23H,1-2H3/q+1. The van der Waals surface area contributed by atoms with Gasteiger partial charge in [0.2, 0.25) is 0 Å². The fraction of sp³-hybridized carbons (Fsp3) is 0.0909. The first-order valence-corrected chi connectivity index (χ1v) is 9.86. The van der Waals surface area contributed by atoms with Crippen molar-refractivity contribution >= 4 is 34.2 Å². The van der Waals surface area contributed by atoms with Crippen LogP contribution in [0.25, 0.3) is 0 Å². The van der Waals surface area contributed by atoms with E-state index in [0.29, 0.717) is 0 Å². The summed E-state index contributed by atoms with van der Waals surface area (Å²) in [6, 6.07) is 21.4. The van der Waals surface area contributed by atoms with Crippen LogP contribution < -0.4 is 5.32 Å². The fourth-order valence-corrected chi connectivity index (χ4v) is 5.52. The second-order valence-electron chi connectivity index (χ2n) is 6.11. The molecule has 3 aromatic carbocycles. The Labute approximate surface area is 165 Å². The quantitative estimate of drug-likeness (QED) is 0.413. The molecule has 0 saturated carbocycles. The van der Waals surface area contributed by atoms with Crippen molar-refractivity contribution in [3.05, 3.63) is 77.9 Å². The number of ether oxygens (including phenoxy) is 2. The lowest BCUT2D eigenvalue weighted by atomic mass is 10.1. The van der Waals surface area contributed by atoms with Gasteiger partial charge < -0.3 is 14.8 Å². The highest BCUT2D eigenvalue weighted by molar-refractivity contribution is 7.97. The summed E-state index contributed by atoms with van der Waals surface area (Å²) in [5.74, 6) is -1.14. The molecule has 0 bridgehead atoms.